The van der Waals surface area contributed by atoms with Gasteiger partial charge in [-0.15, -0.1) is 0 Å². The highest BCUT2D eigenvalue weighted by molar-refractivity contribution is 5.99. The van der Waals surface area contributed by atoms with Gasteiger partial charge in [-0.1, -0.05) is 38.3 Å². The van der Waals surface area contributed by atoms with E-state index >= 15 is 0 Å². The Morgan fingerprint density at radius 2 is 1.86 bits per heavy atom. The van der Waals surface area contributed by atoms with E-state index in [0.717, 1.165) is 42.6 Å². The van der Waals surface area contributed by atoms with Crippen LogP contribution in [-0.4, -0.2) is 32.0 Å². The summed E-state index contributed by atoms with van der Waals surface area (Å²) in [6.45, 7) is 3.95. The molecule has 1 fully saturated rings. The van der Waals surface area contributed by atoms with Gasteiger partial charge in [0.05, 0.1) is 12.7 Å². The Morgan fingerprint density at radius 1 is 1.14 bits per heavy atom. The molecule has 6 heteroatoms. The monoisotopic (exact) mass is 398 g/mol. The summed E-state index contributed by atoms with van der Waals surface area (Å²) in [6.07, 6.45) is 5.48. The second kappa shape index (κ2) is 9.16. The second-order valence-corrected chi connectivity index (χ2v) is 7.73. The number of benzene rings is 1. The lowest BCUT2D eigenvalue weighted by Gasteiger charge is -2.23. The van der Waals surface area contributed by atoms with Gasteiger partial charge in [-0.2, -0.15) is 0 Å². The molecule has 6 nitrogen and oxygen atoms in total. The van der Waals surface area contributed by atoms with E-state index in [1.54, 1.807) is 20.2 Å². The van der Waals surface area contributed by atoms with Gasteiger partial charge in [0.2, 0.25) is 0 Å². The smallest absolute Gasteiger partial charge is 0.286 e. The lowest BCUT2D eigenvalue weighted by atomic mass is 9.93. The summed E-state index contributed by atoms with van der Waals surface area (Å²) in [5, 5.41) is 5.70. The van der Waals surface area contributed by atoms with Gasteiger partial charge in [-0.25, -0.2) is 0 Å². The molecule has 1 heterocycles. The van der Waals surface area contributed by atoms with Gasteiger partial charge < -0.3 is 19.8 Å². The van der Waals surface area contributed by atoms with Crippen molar-refractivity contribution in [2.45, 2.75) is 57.9 Å². The highest BCUT2D eigenvalue weighted by atomic mass is 16.5. The van der Waals surface area contributed by atoms with Gasteiger partial charge in [0.25, 0.3) is 11.8 Å². The van der Waals surface area contributed by atoms with Crippen LogP contribution in [0.25, 0.3) is 0 Å². The third-order valence-corrected chi connectivity index (χ3v) is 5.71. The molecular formula is C23H30N2O4. The molecule has 2 N–H and O–H groups in total. The molecule has 1 aromatic heterocycles. The van der Waals surface area contributed by atoms with Gasteiger partial charge in [0, 0.05) is 25.1 Å². The average molecular weight is 399 g/mol. The molecule has 0 unspecified atom stereocenters. The number of rotatable bonds is 6. The predicted octanol–water partition coefficient (Wildman–Crippen LogP) is 4.17. The fraction of sp³-hybridized carbons (Fsp3) is 0.478. The van der Waals surface area contributed by atoms with Crippen LogP contribution in [0.15, 0.2) is 28.7 Å². The largest absolute Gasteiger partial charge is 0.496 e. The Hall–Kier alpha value is -2.76. The van der Waals surface area contributed by atoms with Gasteiger partial charge in [0.1, 0.15) is 11.5 Å². The summed E-state index contributed by atoms with van der Waals surface area (Å²) >= 11 is 0. The number of aryl methyl sites for hydroxylation is 1. The Labute approximate surface area is 172 Å². The summed E-state index contributed by atoms with van der Waals surface area (Å²) in [7, 11) is 3.18. The predicted molar refractivity (Wildman–Crippen MR) is 112 cm³/mol. The van der Waals surface area contributed by atoms with E-state index in [-0.39, 0.29) is 29.5 Å². The SMILES string of the molecule is CNC(=O)c1cc(C(=O)NC2CCCCC2)c([C@@H](C)c2ccc(OC)c(C)c2)o1. The minimum atomic E-state index is -0.346. The summed E-state index contributed by atoms with van der Waals surface area (Å²) in [5.74, 6) is 0.741. The molecule has 1 saturated carbocycles. The molecule has 1 aliphatic rings. The molecule has 0 saturated heterocycles. The highest BCUT2D eigenvalue weighted by Gasteiger charge is 2.27. The van der Waals surface area contributed by atoms with E-state index in [0.29, 0.717) is 11.3 Å². The number of furan rings is 1. The van der Waals surface area contributed by atoms with Crippen molar-refractivity contribution in [3.63, 3.8) is 0 Å². The third kappa shape index (κ3) is 4.63. The maximum Gasteiger partial charge on any atom is 0.286 e. The standard InChI is InChI=1S/C23H30N2O4/c1-14-12-16(10-11-19(14)28-4)15(2)21-18(13-20(29-21)23(27)24-3)22(26)25-17-8-6-5-7-9-17/h10-13,15,17H,5-9H2,1-4H3,(H,24,27)(H,25,26)/t15-/m0/s1. The highest BCUT2D eigenvalue weighted by Crippen LogP contribution is 2.32. The second-order valence-electron chi connectivity index (χ2n) is 7.73. The minimum Gasteiger partial charge on any atom is -0.496 e. The minimum absolute atomic E-state index is 0.147. The molecule has 0 spiro atoms. The van der Waals surface area contributed by atoms with Crippen molar-refractivity contribution in [2.75, 3.05) is 14.2 Å². The van der Waals surface area contributed by atoms with E-state index in [1.807, 2.05) is 32.0 Å². The van der Waals surface area contributed by atoms with Crippen molar-refractivity contribution in [3.05, 3.63) is 52.5 Å². The normalized spacial score (nSPS) is 15.6. The molecule has 0 aliphatic heterocycles. The Kier molecular flexibility index (Phi) is 6.62. The van der Waals surface area contributed by atoms with Crippen LogP contribution in [0, 0.1) is 6.92 Å². The van der Waals surface area contributed by atoms with Crippen molar-refractivity contribution < 1.29 is 18.7 Å². The molecule has 1 aromatic carbocycles. The molecule has 0 radical (unpaired) electrons. The van der Waals surface area contributed by atoms with Gasteiger partial charge >= 0.3 is 0 Å². The number of carbonyl (C=O) groups excluding carboxylic acids is 2. The van der Waals surface area contributed by atoms with Crippen molar-refractivity contribution >= 4 is 11.8 Å². The zero-order valence-corrected chi connectivity index (χ0v) is 17.6. The van der Waals surface area contributed by atoms with Crippen LogP contribution in [0.5, 0.6) is 5.75 Å². The number of nitrogens with one attached hydrogen (secondary N) is 2. The van der Waals surface area contributed by atoms with Gasteiger partial charge in [-0.05, 0) is 37.0 Å². The van der Waals surface area contributed by atoms with Crippen molar-refractivity contribution in [1.82, 2.24) is 10.6 Å². The maximum absolute atomic E-state index is 13.0. The average Bonchev–Trinajstić information content (AvgIpc) is 3.19. The van der Waals surface area contributed by atoms with Crippen LogP contribution in [0.2, 0.25) is 0 Å². The fourth-order valence-corrected chi connectivity index (χ4v) is 3.97. The number of methoxy groups -OCH3 is 1. The first-order valence-corrected chi connectivity index (χ1v) is 10.3. The van der Waals surface area contributed by atoms with E-state index in [2.05, 4.69) is 10.6 Å². The lowest BCUT2D eigenvalue weighted by Crippen LogP contribution is -2.36. The number of hydrogen-bond acceptors (Lipinski definition) is 4. The topological polar surface area (TPSA) is 80.6 Å². The summed E-state index contributed by atoms with van der Waals surface area (Å²) in [5.41, 5.74) is 2.42. The van der Waals surface area contributed by atoms with Crippen LogP contribution in [0.1, 0.15) is 82.7 Å². The van der Waals surface area contributed by atoms with Crippen molar-refractivity contribution in [3.8, 4) is 5.75 Å². The summed E-state index contributed by atoms with van der Waals surface area (Å²) in [4.78, 5) is 25.2. The molecule has 156 valence electrons. The van der Waals surface area contributed by atoms with Gasteiger partial charge in [0.15, 0.2) is 5.76 Å². The first-order valence-electron chi connectivity index (χ1n) is 10.3. The zero-order chi connectivity index (χ0) is 21.0. The summed E-state index contributed by atoms with van der Waals surface area (Å²) < 4.78 is 11.2. The summed E-state index contributed by atoms with van der Waals surface area (Å²) in [6, 6.07) is 7.63. The van der Waals surface area contributed by atoms with Crippen molar-refractivity contribution in [1.29, 1.82) is 0 Å². The Morgan fingerprint density at radius 3 is 2.48 bits per heavy atom. The van der Waals surface area contributed by atoms with Crippen LogP contribution < -0.4 is 15.4 Å². The number of hydrogen-bond donors (Lipinski definition) is 2. The lowest BCUT2D eigenvalue weighted by molar-refractivity contribution is 0.0918. The third-order valence-electron chi connectivity index (χ3n) is 5.71. The Balaban J connectivity index is 1.93. The quantitative estimate of drug-likeness (QED) is 0.765. The number of carbonyl (C=O) groups is 2. The number of amides is 2. The Bertz CT molecular complexity index is 881. The van der Waals surface area contributed by atoms with Crippen LogP contribution in [0.3, 0.4) is 0 Å². The first kappa shape index (κ1) is 21.0. The van der Waals surface area contributed by atoms with Crippen LogP contribution in [-0.2, 0) is 0 Å². The molecule has 29 heavy (non-hydrogen) atoms. The van der Waals surface area contributed by atoms with Crippen LogP contribution >= 0.6 is 0 Å². The molecule has 1 aliphatic carbocycles. The maximum atomic E-state index is 13.0. The molecule has 0 bridgehead atoms. The van der Waals surface area contributed by atoms with Crippen molar-refractivity contribution in [2.24, 2.45) is 0 Å². The molecule has 1 atom stereocenters. The first-order chi connectivity index (χ1) is 13.9. The van der Waals surface area contributed by atoms with E-state index < -0.39 is 0 Å². The molecular weight excluding hydrogens is 368 g/mol. The van der Waals surface area contributed by atoms with Crippen LogP contribution in [0.4, 0.5) is 0 Å². The number of ether oxygens (including phenoxy) is 1. The van der Waals surface area contributed by atoms with E-state index in [1.165, 1.54) is 6.42 Å². The zero-order valence-electron chi connectivity index (χ0n) is 17.6. The van der Waals surface area contributed by atoms with E-state index in [9.17, 15) is 9.59 Å². The van der Waals surface area contributed by atoms with E-state index in [4.69, 9.17) is 9.15 Å². The molecule has 2 amide bonds. The molecule has 2 aromatic rings. The molecule has 3 rings (SSSR count). The van der Waals surface area contributed by atoms with Gasteiger partial charge in [-0.3, -0.25) is 9.59 Å². The fourth-order valence-electron chi connectivity index (χ4n) is 3.97.